The quantitative estimate of drug-likeness (QED) is 0.594. The van der Waals surface area contributed by atoms with E-state index in [1.807, 2.05) is 18.2 Å². The van der Waals surface area contributed by atoms with E-state index in [9.17, 15) is 14.4 Å². The first-order valence-electron chi connectivity index (χ1n) is 8.58. The fourth-order valence-corrected chi connectivity index (χ4v) is 2.76. The third kappa shape index (κ3) is 4.69. The molecule has 0 spiro atoms. The zero-order valence-electron chi connectivity index (χ0n) is 14.9. The minimum absolute atomic E-state index is 0.0356. The number of halogens is 1. The van der Waals surface area contributed by atoms with E-state index >= 15 is 0 Å². The number of H-pyrrole nitrogens is 1. The first-order valence-corrected chi connectivity index (χ1v) is 8.96. The maximum atomic E-state index is 12.6. The number of ether oxygens (including phenoxy) is 1. The van der Waals surface area contributed by atoms with Gasteiger partial charge in [-0.15, -0.1) is 0 Å². The second-order valence-corrected chi connectivity index (χ2v) is 6.31. The molecule has 0 saturated heterocycles. The van der Waals surface area contributed by atoms with E-state index in [4.69, 9.17) is 16.3 Å². The Balaban J connectivity index is 1.68. The lowest BCUT2D eigenvalue weighted by Gasteiger charge is -2.10. The molecule has 0 unspecified atom stereocenters. The van der Waals surface area contributed by atoms with Crippen molar-refractivity contribution < 1.29 is 9.53 Å². The normalized spacial score (nSPS) is 10.5. The van der Waals surface area contributed by atoms with E-state index in [1.165, 1.54) is 0 Å². The summed E-state index contributed by atoms with van der Waals surface area (Å²) in [5.74, 6) is 0.0914. The second kappa shape index (κ2) is 9.05. The molecule has 0 bridgehead atoms. The minimum atomic E-state index is -0.690. The van der Waals surface area contributed by atoms with Gasteiger partial charge in [-0.05, 0) is 23.8 Å². The highest BCUT2D eigenvalue weighted by Gasteiger charge is 2.15. The predicted octanol–water partition coefficient (Wildman–Crippen LogP) is 2.05. The largest absolute Gasteiger partial charge is 0.492 e. The monoisotopic (exact) mass is 399 g/mol. The Morgan fingerprint density at radius 3 is 2.54 bits per heavy atom. The Bertz CT molecular complexity index is 1080. The Labute approximate surface area is 165 Å². The van der Waals surface area contributed by atoms with Gasteiger partial charge in [0.25, 0.3) is 11.5 Å². The molecule has 0 aliphatic carbocycles. The lowest BCUT2D eigenvalue weighted by atomic mass is 10.2. The highest BCUT2D eigenvalue weighted by molar-refractivity contribution is 6.31. The minimum Gasteiger partial charge on any atom is -0.492 e. The van der Waals surface area contributed by atoms with Gasteiger partial charge in [0, 0.05) is 11.2 Å². The molecule has 0 aliphatic heterocycles. The number of hydrogen-bond donors (Lipinski definition) is 2. The van der Waals surface area contributed by atoms with Crippen LogP contribution in [0.2, 0.25) is 5.02 Å². The maximum Gasteiger partial charge on any atom is 0.328 e. The van der Waals surface area contributed by atoms with Crippen molar-refractivity contribution in [2.75, 3.05) is 13.2 Å². The molecule has 0 radical (unpaired) electrons. The standard InChI is InChI=1S/C20H18ClN3O4/c21-17-9-5-4-6-14(17)13-24-19(26)16(12-23-20(24)27)18(25)22-10-11-28-15-7-2-1-3-8-15/h1-9,12H,10-11,13H2,(H,22,25)(H,23,27). The molecule has 0 atom stereocenters. The molecule has 0 aliphatic rings. The topological polar surface area (TPSA) is 93.2 Å². The van der Waals surface area contributed by atoms with Gasteiger partial charge in [-0.25, -0.2) is 4.79 Å². The molecule has 3 aromatic rings. The van der Waals surface area contributed by atoms with Crippen LogP contribution in [0.15, 0.2) is 70.4 Å². The average Bonchev–Trinajstić information content (AvgIpc) is 2.70. The first kappa shape index (κ1) is 19.4. The summed E-state index contributed by atoms with van der Waals surface area (Å²) in [6, 6.07) is 16.0. The third-order valence-corrected chi connectivity index (χ3v) is 4.36. The van der Waals surface area contributed by atoms with Gasteiger partial charge in [-0.2, -0.15) is 0 Å². The number of carbonyl (C=O) groups is 1. The van der Waals surface area contributed by atoms with Gasteiger partial charge in [0.05, 0.1) is 13.1 Å². The van der Waals surface area contributed by atoms with Gasteiger partial charge in [0.1, 0.15) is 17.9 Å². The van der Waals surface area contributed by atoms with Gasteiger partial charge in [0.2, 0.25) is 0 Å². The molecule has 0 fully saturated rings. The number of rotatable bonds is 7. The smallest absolute Gasteiger partial charge is 0.328 e. The summed E-state index contributed by atoms with van der Waals surface area (Å²) in [5.41, 5.74) is -0.865. The summed E-state index contributed by atoms with van der Waals surface area (Å²) in [4.78, 5) is 39.4. The van der Waals surface area contributed by atoms with Gasteiger partial charge >= 0.3 is 5.69 Å². The molecular formula is C20H18ClN3O4. The predicted molar refractivity (Wildman–Crippen MR) is 106 cm³/mol. The SMILES string of the molecule is O=C(NCCOc1ccccc1)c1c[nH]c(=O)n(Cc2ccccc2Cl)c1=O. The molecule has 0 saturated carbocycles. The Morgan fingerprint density at radius 2 is 1.79 bits per heavy atom. The van der Waals surface area contributed by atoms with Crippen LogP contribution in [0.4, 0.5) is 0 Å². The van der Waals surface area contributed by atoms with Crippen molar-refractivity contribution in [1.29, 1.82) is 0 Å². The zero-order chi connectivity index (χ0) is 19.9. The van der Waals surface area contributed by atoms with Crippen molar-refractivity contribution in [2.24, 2.45) is 0 Å². The van der Waals surface area contributed by atoms with Gasteiger partial charge in [-0.3, -0.25) is 14.2 Å². The number of benzene rings is 2. The van der Waals surface area contributed by atoms with Crippen LogP contribution in [0.1, 0.15) is 15.9 Å². The highest BCUT2D eigenvalue weighted by Crippen LogP contribution is 2.15. The number of hydrogen-bond acceptors (Lipinski definition) is 4. The van der Waals surface area contributed by atoms with Crippen molar-refractivity contribution in [2.45, 2.75) is 6.54 Å². The molecule has 1 heterocycles. The van der Waals surface area contributed by atoms with Gasteiger partial charge in [-0.1, -0.05) is 48.0 Å². The van der Waals surface area contributed by atoms with Crippen LogP contribution in [0.5, 0.6) is 5.75 Å². The lowest BCUT2D eigenvalue weighted by Crippen LogP contribution is -2.41. The number of aromatic nitrogens is 2. The van der Waals surface area contributed by atoms with Crippen molar-refractivity contribution in [3.63, 3.8) is 0 Å². The number of amides is 1. The Hall–Kier alpha value is -3.32. The van der Waals surface area contributed by atoms with Crippen molar-refractivity contribution in [3.8, 4) is 5.75 Å². The van der Waals surface area contributed by atoms with Crippen LogP contribution in [0, 0.1) is 0 Å². The van der Waals surface area contributed by atoms with Crippen LogP contribution < -0.4 is 21.3 Å². The average molecular weight is 400 g/mol. The molecule has 7 nitrogen and oxygen atoms in total. The first-order chi connectivity index (χ1) is 13.6. The van der Waals surface area contributed by atoms with Crippen LogP contribution >= 0.6 is 11.6 Å². The molecule has 1 aromatic heterocycles. The van der Waals surface area contributed by atoms with E-state index < -0.39 is 17.2 Å². The number of nitrogens with one attached hydrogen (secondary N) is 2. The van der Waals surface area contributed by atoms with E-state index in [1.54, 1.807) is 36.4 Å². The van der Waals surface area contributed by atoms with Crippen LogP contribution in [0.3, 0.4) is 0 Å². The molecule has 2 aromatic carbocycles. The maximum absolute atomic E-state index is 12.6. The number of carbonyl (C=O) groups excluding carboxylic acids is 1. The van der Waals surface area contributed by atoms with E-state index in [-0.39, 0.29) is 25.3 Å². The molecule has 144 valence electrons. The van der Waals surface area contributed by atoms with E-state index in [2.05, 4.69) is 10.3 Å². The summed E-state index contributed by atoms with van der Waals surface area (Å²) in [7, 11) is 0. The summed E-state index contributed by atoms with van der Waals surface area (Å²) in [5, 5.41) is 3.04. The second-order valence-electron chi connectivity index (χ2n) is 5.91. The Kier molecular flexibility index (Phi) is 6.29. The fraction of sp³-hybridized carbons (Fsp3) is 0.150. The van der Waals surface area contributed by atoms with Gasteiger partial charge in [0.15, 0.2) is 0 Å². The fourth-order valence-electron chi connectivity index (χ4n) is 2.56. The third-order valence-electron chi connectivity index (χ3n) is 3.99. The molecule has 3 rings (SSSR count). The Morgan fingerprint density at radius 1 is 1.07 bits per heavy atom. The molecule has 28 heavy (non-hydrogen) atoms. The van der Waals surface area contributed by atoms with Gasteiger partial charge < -0.3 is 15.0 Å². The molecule has 8 heteroatoms. The van der Waals surface area contributed by atoms with Crippen LogP contribution in [-0.4, -0.2) is 28.6 Å². The van der Waals surface area contributed by atoms with E-state index in [0.717, 1.165) is 10.8 Å². The number of aromatic amines is 1. The highest BCUT2D eigenvalue weighted by atomic mass is 35.5. The molecule has 1 amide bonds. The lowest BCUT2D eigenvalue weighted by molar-refractivity contribution is 0.0944. The summed E-state index contributed by atoms with van der Waals surface area (Å²) in [6.07, 6.45) is 1.11. The zero-order valence-corrected chi connectivity index (χ0v) is 15.6. The summed E-state index contributed by atoms with van der Waals surface area (Å²) in [6.45, 7) is 0.413. The number of nitrogens with zero attached hydrogens (tertiary/aromatic N) is 1. The van der Waals surface area contributed by atoms with Crippen LogP contribution in [-0.2, 0) is 6.54 Å². The summed E-state index contributed by atoms with van der Waals surface area (Å²) >= 11 is 6.10. The number of para-hydroxylation sites is 1. The van der Waals surface area contributed by atoms with Crippen molar-refractivity contribution in [1.82, 2.24) is 14.9 Å². The molecule has 2 N–H and O–H groups in total. The van der Waals surface area contributed by atoms with E-state index in [0.29, 0.717) is 16.3 Å². The molecular weight excluding hydrogens is 382 g/mol. The summed E-state index contributed by atoms with van der Waals surface area (Å²) < 4.78 is 6.43. The van der Waals surface area contributed by atoms with Crippen LogP contribution in [0.25, 0.3) is 0 Å². The van der Waals surface area contributed by atoms with Crippen molar-refractivity contribution in [3.05, 3.63) is 97.8 Å². The van der Waals surface area contributed by atoms with Crippen molar-refractivity contribution >= 4 is 17.5 Å².